The molecule has 3 aromatic rings. The Kier molecular flexibility index (Phi) is 8.59. The molecule has 204 valence electrons. The number of alkyl halides is 1. The number of hydrogen-bond donors (Lipinski definition) is 2. The first-order valence-electron chi connectivity index (χ1n) is 11.8. The first kappa shape index (κ1) is 27.5. The van der Waals surface area contributed by atoms with E-state index < -0.39 is 52.9 Å². The number of nitrogens with two attached hydrogens (primary N) is 1. The van der Waals surface area contributed by atoms with Crippen molar-refractivity contribution in [1.82, 2.24) is 14.8 Å². The van der Waals surface area contributed by atoms with Crippen molar-refractivity contribution < 1.29 is 36.6 Å². The van der Waals surface area contributed by atoms with Gasteiger partial charge in [0.25, 0.3) is 5.91 Å². The van der Waals surface area contributed by atoms with Crippen molar-refractivity contribution in [3.05, 3.63) is 59.3 Å². The van der Waals surface area contributed by atoms with E-state index in [2.05, 4.69) is 15.4 Å². The van der Waals surface area contributed by atoms with E-state index in [9.17, 15) is 22.4 Å². The number of halogens is 4. The van der Waals surface area contributed by atoms with Crippen LogP contribution in [0.2, 0.25) is 0 Å². The molecule has 1 amide bonds. The molecule has 0 bridgehead atoms. The second-order valence-corrected chi connectivity index (χ2v) is 8.73. The van der Waals surface area contributed by atoms with Crippen molar-refractivity contribution in [2.75, 3.05) is 32.2 Å². The van der Waals surface area contributed by atoms with E-state index in [0.29, 0.717) is 18.5 Å². The molecule has 3 atom stereocenters. The number of aromatic nitrogens is 3. The Morgan fingerprint density at radius 2 is 1.92 bits per heavy atom. The molecule has 4 rings (SSSR count). The van der Waals surface area contributed by atoms with Crippen LogP contribution in [0, 0.1) is 17.5 Å². The molecule has 0 unspecified atom stereocenters. The first-order chi connectivity index (χ1) is 18.2. The molecule has 1 fully saturated rings. The van der Waals surface area contributed by atoms with Crippen LogP contribution in [0.1, 0.15) is 35.1 Å². The van der Waals surface area contributed by atoms with E-state index in [1.807, 2.05) is 0 Å². The predicted molar refractivity (Wildman–Crippen MR) is 129 cm³/mol. The smallest absolute Gasteiger partial charge is 0.274 e. The van der Waals surface area contributed by atoms with Gasteiger partial charge in [0.2, 0.25) is 0 Å². The first-order valence-corrected chi connectivity index (χ1v) is 11.8. The fourth-order valence-corrected chi connectivity index (χ4v) is 4.11. The Bertz CT molecular complexity index is 1270. The largest absolute Gasteiger partial charge is 0.491 e. The van der Waals surface area contributed by atoms with E-state index in [1.54, 1.807) is 7.05 Å². The molecular formula is C25H27F4N5O4. The van der Waals surface area contributed by atoms with Crippen LogP contribution in [-0.4, -0.2) is 59.8 Å². The van der Waals surface area contributed by atoms with Crippen LogP contribution in [0.15, 0.2) is 30.5 Å². The Labute approximate surface area is 215 Å². The number of ether oxygens (including phenoxy) is 3. The second kappa shape index (κ2) is 11.9. The Morgan fingerprint density at radius 3 is 2.63 bits per heavy atom. The number of nitrogens with zero attached hydrogens (tertiary/aromatic N) is 3. The topological polar surface area (TPSA) is 114 Å². The van der Waals surface area contributed by atoms with Crippen molar-refractivity contribution >= 4 is 11.6 Å². The lowest BCUT2D eigenvalue weighted by atomic mass is 10.0. The summed E-state index contributed by atoms with van der Waals surface area (Å²) in [5.41, 5.74) is 4.81. The number of aryl methyl sites for hydroxylation is 1. The third-order valence-corrected chi connectivity index (χ3v) is 6.11. The number of benzene rings is 1. The maximum atomic E-state index is 14.8. The van der Waals surface area contributed by atoms with Crippen LogP contribution in [-0.2, 0) is 16.5 Å². The number of nitrogens with one attached hydrogen (secondary N) is 1. The van der Waals surface area contributed by atoms with Crippen molar-refractivity contribution in [2.24, 2.45) is 12.8 Å². The molecule has 0 aliphatic carbocycles. The van der Waals surface area contributed by atoms with Gasteiger partial charge < -0.3 is 25.3 Å². The monoisotopic (exact) mass is 537 g/mol. The lowest BCUT2D eigenvalue weighted by Gasteiger charge is -2.18. The van der Waals surface area contributed by atoms with Crippen LogP contribution in [0.5, 0.6) is 5.75 Å². The SMILES string of the molecule is COCCOc1cc(F)c(-c2nc(C(=O)Nc3cnn(C)c3[C@@H]3CC[C@@H](N)[C@H](F)CO3)ccc2F)c(F)c1. The van der Waals surface area contributed by atoms with Gasteiger partial charge in [-0.25, -0.2) is 22.5 Å². The molecule has 13 heteroatoms. The zero-order chi connectivity index (χ0) is 27.4. The van der Waals surface area contributed by atoms with Crippen molar-refractivity contribution in [2.45, 2.75) is 31.2 Å². The predicted octanol–water partition coefficient (Wildman–Crippen LogP) is 3.69. The summed E-state index contributed by atoms with van der Waals surface area (Å²) in [6.45, 7) is 0.0504. The fraction of sp³-hybridized carbons (Fsp3) is 0.400. The van der Waals surface area contributed by atoms with Gasteiger partial charge in [-0.05, 0) is 25.0 Å². The van der Waals surface area contributed by atoms with E-state index in [0.717, 1.165) is 24.3 Å². The number of pyridine rings is 1. The highest BCUT2D eigenvalue weighted by Gasteiger charge is 2.30. The molecule has 1 aliphatic heterocycles. The number of rotatable bonds is 8. The van der Waals surface area contributed by atoms with Gasteiger partial charge in [0, 0.05) is 32.3 Å². The standard InChI is InChI=1S/C25H27F4N5O4/c1-34-24(21-6-4-18(30)17(29)12-38-21)20(11-31-34)33-25(35)19-5-3-14(26)23(32-19)22-15(27)9-13(10-16(22)28)37-8-7-36-2/h3,5,9-11,17-18,21H,4,6-8,12,30H2,1-2H3,(H,33,35)/t17-,18-,21+/m1/s1. The summed E-state index contributed by atoms with van der Waals surface area (Å²) in [5, 5.41) is 6.76. The van der Waals surface area contributed by atoms with Crippen LogP contribution < -0.4 is 15.8 Å². The van der Waals surface area contributed by atoms with E-state index in [-0.39, 0.29) is 37.0 Å². The van der Waals surface area contributed by atoms with Crippen LogP contribution in [0.4, 0.5) is 23.2 Å². The van der Waals surface area contributed by atoms with E-state index in [4.69, 9.17) is 19.9 Å². The molecule has 1 aliphatic rings. The summed E-state index contributed by atoms with van der Waals surface area (Å²) in [5.74, 6) is -4.16. The number of anilines is 1. The molecule has 1 aromatic carbocycles. The zero-order valence-electron chi connectivity index (χ0n) is 20.7. The third kappa shape index (κ3) is 5.95. The lowest BCUT2D eigenvalue weighted by Crippen LogP contribution is -2.32. The average Bonchev–Trinajstić information content (AvgIpc) is 3.15. The maximum absolute atomic E-state index is 14.8. The van der Waals surface area contributed by atoms with Crippen LogP contribution in [0.3, 0.4) is 0 Å². The van der Waals surface area contributed by atoms with Crippen LogP contribution >= 0.6 is 0 Å². The second-order valence-electron chi connectivity index (χ2n) is 8.73. The highest BCUT2D eigenvalue weighted by Crippen LogP contribution is 2.33. The maximum Gasteiger partial charge on any atom is 0.274 e. The van der Waals surface area contributed by atoms with Gasteiger partial charge in [0.1, 0.15) is 53.5 Å². The summed E-state index contributed by atoms with van der Waals surface area (Å²) < 4.78 is 75.4. The molecule has 2 aromatic heterocycles. The van der Waals surface area contributed by atoms with Crippen molar-refractivity contribution in [3.8, 4) is 17.0 Å². The normalized spacial score (nSPS) is 19.7. The highest BCUT2D eigenvalue weighted by atomic mass is 19.1. The molecular weight excluding hydrogens is 510 g/mol. The van der Waals surface area contributed by atoms with Gasteiger partial charge in [-0.15, -0.1) is 0 Å². The molecule has 3 heterocycles. The number of amides is 1. The van der Waals surface area contributed by atoms with Crippen molar-refractivity contribution in [3.63, 3.8) is 0 Å². The van der Waals surface area contributed by atoms with E-state index in [1.165, 1.54) is 18.0 Å². The number of carbonyl (C=O) groups is 1. The van der Waals surface area contributed by atoms with Gasteiger partial charge in [-0.3, -0.25) is 9.48 Å². The summed E-state index contributed by atoms with van der Waals surface area (Å²) >= 11 is 0. The Morgan fingerprint density at radius 1 is 1.18 bits per heavy atom. The molecule has 3 N–H and O–H groups in total. The van der Waals surface area contributed by atoms with Gasteiger partial charge in [0.15, 0.2) is 0 Å². The lowest BCUT2D eigenvalue weighted by molar-refractivity contribution is 0.0247. The highest BCUT2D eigenvalue weighted by molar-refractivity contribution is 6.03. The molecule has 0 radical (unpaired) electrons. The minimum atomic E-state index is -1.32. The number of methoxy groups -OCH3 is 1. The summed E-state index contributed by atoms with van der Waals surface area (Å²) in [4.78, 5) is 16.9. The van der Waals surface area contributed by atoms with Crippen molar-refractivity contribution in [1.29, 1.82) is 0 Å². The average molecular weight is 538 g/mol. The summed E-state index contributed by atoms with van der Waals surface area (Å²) in [6, 6.07) is 3.09. The molecule has 1 saturated heterocycles. The Hall–Kier alpha value is -3.55. The molecule has 38 heavy (non-hydrogen) atoms. The number of hydrogen-bond acceptors (Lipinski definition) is 7. The van der Waals surface area contributed by atoms with Gasteiger partial charge >= 0.3 is 0 Å². The zero-order valence-corrected chi connectivity index (χ0v) is 20.7. The van der Waals surface area contributed by atoms with Gasteiger partial charge in [-0.2, -0.15) is 5.10 Å². The van der Waals surface area contributed by atoms with Gasteiger partial charge in [0.05, 0.1) is 36.4 Å². The fourth-order valence-electron chi connectivity index (χ4n) is 4.11. The molecule has 9 nitrogen and oxygen atoms in total. The minimum Gasteiger partial charge on any atom is -0.491 e. The summed E-state index contributed by atoms with van der Waals surface area (Å²) in [7, 11) is 3.08. The third-order valence-electron chi connectivity index (χ3n) is 6.11. The number of carbonyl (C=O) groups excluding carboxylic acids is 1. The molecule has 0 spiro atoms. The van der Waals surface area contributed by atoms with Gasteiger partial charge in [-0.1, -0.05) is 0 Å². The quantitative estimate of drug-likeness (QED) is 0.333. The minimum absolute atomic E-state index is 0.0559. The Balaban J connectivity index is 1.58. The van der Waals surface area contributed by atoms with Crippen LogP contribution in [0.25, 0.3) is 11.3 Å². The summed E-state index contributed by atoms with van der Waals surface area (Å²) in [6.07, 6.45) is 0.224. The molecule has 0 saturated carbocycles. The van der Waals surface area contributed by atoms with E-state index >= 15 is 0 Å².